The number of hydrogen-bond donors (Lipinski definition) is 1. The number of nitrogens with two attached hydrogens (primary N) is 1. The van der Waals surface area contributed by atoms with E-state index in [1.54, 1.807) is 25.3 Å². The van der Waals surface area contributed by atoms with Crippen molar-refractivity contribution >= 4 is 23.2 Å². The van der Waals surface area contributed by atoms with Crippen molar-refractivity contribution in [3.63, 3.8) is 0 Å². The monoisotopic (exact) mass is 361 g/mol. The lowest BCUT2D eigenvalue weighted by atomic mass is 10.2. The first-order chi connectivity index (χ1) is 12.0. The standard InChI is InChI=1S/C17H20ClN5O2/c1-12(16(19)24)21-7-9-22(10-8-21)14-11-20-23(17(25)15(14)18)13-5-3-2-4-6-13/h2-6,11-12H,7-10H2,1H3,(H2,19,24). The second-order valence-corrected chi connectivity index (χ2v) is 6.38. The van der Waals surface area contributed by atoms with Gasteiger partial charge < -0.3 is 10.6 Å². The van der Waals surface area contributed by atoms with Crippen LogP contribution in [-0.2, 0) is 4.79 Å². The molecular formula is C17H20ClN5O2. The second-order valence-electron chi connectivity index (χ2n) is 6.00. The quantitative estimate of drug-likeness (QED) is 0.874. The molecule has 0 aliphatic carbocycles. The Labute approximate surface area is 150 Å². The van der Waals surface area contributed by atoms with E-state index in [1.807, 2.05) is 28.0 Å². The van der Waals surface area contributed by atoms with E-state index in [2.05, 4.69) is 5.10 Å². The van der Waals surface area contributed by atoms with Gasteiger partial charge in [-0.2, -0.15) is 9.78 Å². The molecule has 2 N–H and O–H groups in total. The normalized spacial score (nSPS) is 16.6. The molecule has 1 amide bonds. The van der Waals surface area contributed by atoms with E-state index in [9.17, 15) is 9.59 Å². The third-order valence-corrected chi connectivity index (χ3v) is 4.87. The maximum atomic E-state index is 12.6. The zero-order valence-electron chi connectivity index (χ0n) is 13.9. The van der Waals surface area contributed by atoms with Crippen LogP contribution in [0.4, 0.5) is 5.69 Å². The Hall–Kier alpha value is -2.38. The fourth-order valence-corrected chi connectivity index (χ4v) is 3.18. The average Bonchev–Trinajstić information content (AvgIpc) is 2.64. The van der Waals surface area contributed by atoms with Crippen LogP contribution in [0.2, 0.25) is 5.02 Å². The molecule has 1 unspecified atom stereocenters. The van der Waals surface area contributed by atoms with Crippen LogP contribution in [0.25, 0.3) is 5.69 Å². The highest BCUT2D eigenvalue weighted by Gasteiger charge is 2.26. The van der Waals surface area contributed by atoms with Gasteiger partial charge in [-0.1, -0.05) is 29.8 Å². The Morgan fingerprint density at radius 1 is 1.20 bits per heavy atom. The summed E-state index contributed by atoms with van der Waals surface area (Å²) in [5.74, 6) is -0.335. The van der Waals surface area contributed by atoms with E-state index >= 15 is 0 Å². The van der Waals surface area contributed by atoms with Crippen LogP contribution < -0.4 is 16.2 Å². The summed E-state index contributed by atoms with van der Waals surface area (Å²) in [5.41, 5.74) is 6.29. The molecule has 0 saturated carbocycles. The number of rotatable bonds is 4. The van der Waals surface area contributed by atoms with Crippen LogP contribution in [-0.4, -0.2) is 52.8 Å². The SMILES string of the molecule is CC(C(N)=O)N1CCN(c2cnn(-c3ccccc3)c(=O)c2Cl)CC1. The van der Waals surface area contributed by atoms with E-state index in [0.717, 1.165) is 0 Å². The summed E-state index contributed by atoms with van der Waals surface area (Å²) < 4.78 is 1.29. The van der Waals surface area contributed by atoms with Crippen LogP contribution in [0.15, 0.2) is 41.3 Å². The van der Waals surface area contributed by atoms with Gasteiger partial charge in [0.1, 0.15) is 5.02 Å². The van der Waals surface area contributed by atoms with Gasteiger partial charge in [0, 0.05) is 26.2 Å². The number of amides is 1. The first-order valence-corrected chi connectivity index (χ1v) is 8.48. The van der Waals surface area contributed by atoms with Crippen LogP contribution in [0.3, 0.4) is 0 Å². The fraction of sp³-hybridized carbons (Fsp3) is 0.353. The summed E-state index contributed by atoms with van der Waals surface area (Å²) in [7, 11) is 0. The molecule has 25 heavy (non-hydrogen) atoms. The number of primary amides is 1. The summed E-state index contributed by atoms with van der Waals surface area (Å²) >= 11 is 6.33. The molecule has 7 nitrogen and oxygen atoms in total. The number of piperazine rings is 1. The molecular weight excluding hydrogens is 342 g/mol. The molecule has 2 heterocycles. The average molecular weight is 362 g/mol. The first kappa shape index (κ1) is 17.4. The van der Waals surface area contributed by atoms with Crippen molar-refractivity contribution < 1.29 is 4.79 Å². The predicted molar refractivity (Wildman–Crippen MR) is 97.3 cm³/mol. The predicted octanol–water partition coefficient (Wildman–Crippen LogP) is 0.882. The lowest BCUT2D eigenvalue weighted by molar-refractivity contribution is -0.122. The van der Waals surface area contributed by atoms with Gasteiger partial charge in [-0.15, -0.1) is 0 Å². The smallest absolute Gasteiger partial charge is 0.292 e. The number of anilines is 1. The third-order valence-electron chi connectivity index (χ3n) is 4.52. The molecule has 0 radical (unpaired) electrons. The van der Waals surface area contributed by atoms with Crippen LogP contribution in [0, 0.1) is 0 Å². The number of halogens is 1. The number of carbonyl (C=O) groups excluding carboxylic acids is 1. The molecule has 1 atom stereocenters. The number of para-hydroxylation sites is 1. The van der Waals surface area contributed by atoms with Gasteiger partial charge in [0.25, 0.3) is 5.56 Å². The summed E-state index contributed by atoms with van der Waals surface area (Å²) in [6.07, 6.45) is 1.61. The van der Waals surface area contributed by atoms with Gasteiger partial charge in [0.15, 0.2) is 0 Å². The highest BCUT2D eigenvalue weighted by molar-refractivity contribution is 6.33. The summed E-state index contributed by atoms with van der Waals surface area (Å²) in [6, 6.07) is 8.84. The molecule has 1 aromatic heterocycles. The van der Waals surface area contributed by atoms with Gasteiger partial charge in [0.05, 0.1) is 23.6 Å². The molecule has 1 aliphatic rings. The van der Waals surface area contributed by atoms with E-state index in [-0.39, 0.29) is 22.5 Å². The van der Waals surface area contributed by atoms with Crippen molar-refractivity contribution in [2.24, 2.45) is 5.73 Å². The number of nitrogens with zero attached hydrogens (tertiary/aromatic N) is 4. The van der Waals surface area contributed by atoms with Gasteiger partial charge in [-0.3, -0.25) is 14.5 Å². The van der Waals surface area contributed by atoms with Crippen molar-refractivity contribution in [2.75, 3.05) is 31.1 Å². The van der Waals surface area contributed by atoms with Gasteiger partial charge in [-0.05, 0) is 19.1 Å². The number of aromatic nitrogens is 2. The van der Waals surface area contributed by atoms with Crippen molar-refractivity contribution in [3.05, 3.63) is 51.9 Å². The van der Waals surface area contributed by atoms with Crippen molar-refractivity contribution in [1.82, 2.24) is 14.7 Å². The number of hydrogen-bond acceptors (Lipinski definition) is 5. The highest BCUT2D eigenvalue weighted by atomic mass is 35.5. The molecule has 0 spiro atoms. The van der Waals surface area contributed by atoms with Crippen molar-refractivity contribution in [1.29, 1.82) is 0 Å². The lowest BCUT2D eigenvalue weighted by Crippen LogP contribution is -2.53. The van der Waals surface area contributed by atoms with Gasteiger partial charge >= 0.3 is 0 Å². The Kier molecular flexibility index (Phi) is 5.06. The molecule has 132 valence electrons. The molecule has 1 aromatic carbocycles. The van der Waals surface area contributed by atoms with Crippen LogP contribution >= 0.6 is 11.6 Å². The van der Waals surface area contributed by atoms with Gasteiger partial charge in [-0.25, -0.2) is 0 Å². The van der Waals surface area contributed by atoms with E-state index in [0.29, 0.717) is 37.6 Å². The molecule has 0 bridgehead atoms. The van der Waals surface area contributed by atoms with Crippen LogP contribution in [0.1, 0.15) is 6.92 Å². The number of benzene rings is 1. The molecule has 8 heteroatoms. The summed E-state index contributed by atoms with van der Waals surface area (Å²) in [6.45, 7) is 4.43. The minimum absolute atomic E-state index is 0.148. The Morgan fingerprint density at radius 3 is 2.44 bits per heavy atom. The van der Waals surface area contributed by atoms with Crippen LogP contribution in [0.5, 0.6) is 0 Å². The lowest BCUT2D eigenvalue weighted by Gasteiger charge is -2.38. The zero-order valence-corrected chi connectivity index (χ0v) is 14.7. The molecule has 1 fully saturated rings. The minimum atomic E-state index is -0.349. The fourth-order valence-electron chi connectivity index (χ4n) is 2.93. The van der Waals surface area contributed by atoms with E-state index < -0.39 is 0 Å². The molecule has 1 aliphatic heterocycles. The highest BCUT2D eigenvalue weighted by Crippen LogP contribution is 2.23. The third kappa shape index (κ3) is 3.52. The topological polar surface area (TPSA) is 84.5 Å². The minimum Gasteiger partial charge on any atom is -0.368 e. The largest absolute Gasteiger partial charge is 0.368 e. The van der Waals surface area contributed by atoms with Gasteiger partial charge in [0.2, 0.25) is 5.91 Å². The Balaban J connectivity index is 1.80. The zero-order chi connectivity index (χ0) is 18.0. The van der Waals surface area contributed by atoms with Crippen molar-refractivity contribution in [3.8, 4) is 5.69 Å². The summed E-state index contributed by atoms with van der Waals surface area (Å²) in [5, 5.41) is 4.41. The number of carbonyl (C=O) groups is 1. The second kappa shape index (κ2) is 7.25. The first-order valence-electron chi connectivity index (χ1n) is 8.10. The van der Waals surface area contributed by atoms with E-state index in [1.165, 1.54) is 4.68 Å². The molecule has 2 aromatic rings. The maximum absolute atomic E-state index is 12.6. The summed E-state index contributed by atoms with van der Waals surface area (Å²) in [4.78, 5) is 27.9. The maximum Gasteiger partial charge on any atom is 0.292 e. The molecule has 1 saturated heterocycles. The van der Waals surface area contributed by atoms with Crippen molar-refractivity contribution in [2.45, 2.75) is 13.0 Å². The van der Waals surface area contributed by atoms with E-state index in [4.69, 9.17) is 17.3 Å². The Bertz CT molecular complexity index is 816. The Morgan fingerprint density at radius 2 is 1.84 bits per heavy atom. The molecule has 3 rings (SSSR count).